The lowest BCUT2D eigenvalue weighted by molar-refractivity contribution is 0.345. The summed E-state index contributed by atoms with van der Waals surface area (Å²) in [4.78, 5) is 4.01. The summed E-state index contributed by atoms with van der Waals surface area (Å²) in [6, 6.07) is 5.81. The van der Waals surface area contributed by atoms with Gasteiger partial charge in [-0.15, -0.1) is 0 Å². The number of benzene rings is 1. The molecule has 0 unspecified atom stereocenters. The standard InChI is InChI=1S/C16H21ClN4/c17-14-6-7-16(21-12-18-11-20-21)15(10-14)19-9-8-13-4-2-1-3-5-13/h6-7,10-13,19H,1-5,8-9H2. The van der Waals surface area contributed by atoms with Gasteiger partial charge in [0.25, 0.3) is 0 Å². The first kappa shape index (κ1) is 14.4. The Morgan fingerprint density at radius 3 is 2.86 bits per heavy atom. The monoisotopic (exact) mass is 304 g/mol. The first-order chi connectivity index (χ1) is 10.3. The van der Waals surface area contributed by atoms with Gasteiger partial charge in [0, 0.05) is 11.6 Å². The number of halogens is 1. The lowest BCUT2D eigenvalue weighted by Crippen LogP contribution is -2.13. The minimum Gasteiger partial charge on any atom is -0.383 e. The third kappa shape index (κ3) is 3.76. The Balaban J connectivity index is 1.65. The van der Waals surface area contributed by atoms with Gasteiger partial charge in [-0.1, -0.05) is 43.7 Å². The maximum Gasteiger partial charge on any atom is 0.138 e. The van der Waals surface area contributed by atoms with Crippen molar-refractivity contribution < 1.29 is 0 Å². The number of nitrogens with zero attached hydrogens (tertiary/aromatic N) is 3. The third-order valence-electron chi connectivity index (χ3n) is 4.22. The molecule has 0 aliphatic heterocycles. The molecule has 1 saturated carbocycles. The summed E-state index contributed by atoms with van der Waals surface area (Å²) >= 11 is 6.12. The van der Waals surface area contributed by atoms with Gasteiger partial charge in [0.15, 0.2) is 0 Å². The van der Waals surface area contributed by atoms with Crippen LogP contribution >= 0.6 is 11.6 Å². The molecule has 1 heterocycles. The molecule has 0 amide bonds. The summed E-state index contributed by atoms with van der Waals surface area (Å²) in [6.07, 6.45) is 11.4. The van der Waals surface area contributed by atoms with Crippen LogP contribution in [0, 0.1) is 5.92 Å². The lowest BCUT2D eigenvalue weighted by Gasteiger charge is -2.22. The van der Waals surface area contributed by atoms with E-state index >= 15 is 0 Å². The van der Waals surface area contributed by atoms with Gasteiger partial charge in [-0.05, 0) is 30.5 Å². The molecule has 0 saturated heterocycles. The molecular weight excluding hydrogens is 284 g/mol. The Labute approximate surface area is 130 Å². The predicted octanol–water partition coefficient (Wildman–Crippen LogP) is 4.30. The zero-order valence-electron chi connectivity index (χ0n) is 12.1. The van der Waals surface area contributed by atoms with Crippen LogP contribution in [-0.4, -0.2) is 21.3 Å². The molecule has 3 rings (SSSR count). The number of hydrogen-bond acceptors (Lipinski definition) is 3. The van der Waals surface area contributed by atoms with Crippen molar-refractivity contribution in [2.75, 3.05) is 11.9 Å². The lowest BCUT2D eigenvalue weighted by atomic mass is 9.87. The van der Waals surface area contributed by atoms with E-state index in [1.807, 2.05) is 18.2 Å². The number of anilines is 1. The van der Waals surface area contributed by atoms with Gasteiger partial charge in [-0.2, -0.15) is 5.10 Å². The van der Waals surface area contributed by atoms with Crippen molar-refractivity contribution in [3.05, 3.63) is 35.9 Å². The summed E-state index contributed by atoms with van der Waals surface area (Å²) in [5.41, 5.74) is 2.00. The molecule has 4 nitrogen and oxygen atoms in total. The maximum absolute atomic E-state index is 6.12. The quantitative estimate of drug-likeness (QED) is 0.895. The van der Waals surface area contributed by atoms with E-state index in [1.165, 1.54) is 38.5 Å². The molecule has 0 radical (unpaired) electrons. The fourth-order valence-corrected chi connectivity index (χ4v) is 3.24. The van der Waals surface area contributed by atoms with E-state index in [0.717, 1.165) is 28.9 Å². The average Bonchev–Trinajstić information content (AvgIpc) is 3.03. The zero-order chi connectivity index (χ0) is 14.5. The van der Waals surface area contributed by atoms with Gasteiger partial charge >= 0.3 is 0 Å². The second-order valence-electron chi connectivity index (χ2n) is 5.72. The summed E-state index contributed by atoms with van der Waals surface area (Å²) in [7, 11) is 0. The Bertz CT molecular complexity index is 562. The van der Waals surface area contributed by atoms with Crippen molar-refractivity contribution in [2.45, 2.75) is 38.5 Å². The smallest absolute Gasteiger partial charge is 0.138 e. The van der Waals surface area contributed by atoms with Crippen molar-refractivity contribution >= 4 is 17.3 Å². The molecule has 1 aromatic heterocycles. The fraction of sp³-hybridized carbons (Fsp3) is 0.500. The van der Waals surface area contributed by atoms with Gasteiger partial charge in [0.1, 0.15) is 12.7 Å². The molecule has 5 heteroatoms. The van der Waals surface area contributed by atoms with Gasteiger partial charge < -0.3 is 5.32 Å². The summed E-state index contributed by atoms with van der Waals surface area (Å²) in [5, 5.41) is 8.45. The second-order valence-corrected chi connectivity index (χ2v) is 6.16. The van der Waals surface area contributed by atoms with E-state index in [2.05, 4.69) is 15.4 Å². The number of hydrogen-bond donors (Lipinski definition) is 1. The van der Waals surface area contributed by atoms with E-state index in [1.54, 1.807) is 17.3 Å². The van der Waals surface area contributed by atoms with E-state index in [9.17, 15) is 0 Å². The molecule has 1 aromatic carbocycles. The molecule has 1 N–H and O–H groups in total. The minimum absolute atomic E-state index is 0.735. The molecule has 0 bridgehead atoms. The van der Waals surface area contributed by atoms with Crippen LogP contribution in [-0.2, 0) is 0 Å². The fourth-order valence-electron chi connectivity index (χ4n) is 3.07. The Morgan fingerprint density at radius 2 is 2.10 bits per heavy atom. The maximum atomic E-state index is 6.12. The Hall–Kier alpha value is -1.55. The average molecular weight is 305 g/mol. The molecule has 2 aromatic rings. The van der Waals surface area contributed by atoms with Crippen molar-refractivity contribution in [3.63, 3.8) is 0 Å². The number of rotatable bonds is 5. The zero-order valence-corrected chi connectivity index (χ0v) is 12.9. The highest BCUT2D eigenvalue weighted by Crippen LogP contribution is 2.27. The van der Waals surface area contributed by atoms with Crippen molar-refractivity contribution in [2.24, 2.45) is 5.92 Å². The minimum atomic E-state index is 0.735. The molecule has 21 heavy (non-hydrogen) atoms. The van der Waals surface area contributed by atoms with Crippen LogP contribution in [0.3, 0.4) is 0 Å². The van der Waals surface area contributed by atoms with E-state index in [4.69, 9.17) is 11.6 Å². The van der Waals surface area contributed by atoms with E-state index in [0.29, 0.717) is 0 Å². The van der Waals surface area contributed by atoms with Crippen LogP contribution in [0.2, 0.25) is 5.02 Å². The molecule has 1 aliphatic carbocycles. The summed E-state index contributed by atoms with van der Waals surface area (Å²) in [5.74, 6) is 0.875. The molecule has 112 valence electrons. The molecule has 0 atom stereocenters. The summed E-state index contributed by atoms with van der Waals surface area (Å²) < 4.78 is 1.76. The molecule has 1 fully saturated rings. The van der Waals surface area contributed by atoms with Crippen LogP contribution in [0.15, 0.2) is 30.9 Å². The molecular formula is C16H21ClN4. The highest BCUT2D eigenvalue weighted by molar-refractivity contribution is 6.31. The normalized spacial score (nSPS) is 16.0. The summed E-state index contributed by atoms with van der Waals surface area (Å²) in [6.45, 7) is 0.979. The van der Waals surface area contributed by atoms with Crippen molar-refractivity contribution in [1.82, 2.24) is 14.8 Å². The Kier molecular flexibility index (Phi) is 4.76. The number of nitrogens with one attached hydrogen (secondary N) is 1. The van der Waals surface area contributed by atoms with Gasteiger partial charge in [-0.25, -0.2) is 9.67 Å². The van der Waals surface area contributed by atoms with Crippen LogP contribution in [0.5, 0.6) is 0 Å². The Morgan fingerprint density at radius 1 is 1.24 bits per heavy atom. The van der Waals surface area contributed by atoms with Crippen LogP contribution in [0.25, 0.3) is 5.69 Å². The first-order valence-electron chi connectivity index (χ1n) is 7.71. The SMILES string of the molecule is Clc1ccc(-n2cncn2)c(NCCC2CCCCC2)c1. The van der Waals surface area contributed by atoms with Crippen molar-refractivity contribution in [3.8, 4) is 5.69 Å². The first-order valence-corrected chi connectivity index (χ1v) is 8.09. The van der Waals surface area contributed by atoms with Crippen molar-refractivity contribution in [1.29, 1.82) is 0 Å². The van der Waals surface area contributed by atoms with Crippen LogP contribution in [0.1, 0.15) is 38.5 Å². The largest absolute Gasteiger partial charge is 0.383 e. The highest BCUT2D eigenvalue weighted by Gasteiger charge is 2.13. The van der Waals surface area contributed by atoms with Gasteiger partial charge in [-0.3, -0.25) is 0 Å². The van der Waals surface area contributed by atoms with Gasteiger partial charge in [0.2, 0.25) is 0 Å². The molecule has 0 spiro atoms. The topological polar surface area (TPSA) is 42.7 Å². The highest BCUT2D eigenvalue weighted by atomic mass is 35.5. The second kappa shape index (κ2) is 6.94. The van der Waals surface area contributed by atoms with E-state index in [-0.39, 0.29) is 0 Å². The van der Waals surface area contributed by atoms with Crippen LogP contribution < -0.4 is 5.32 Å². The van der Waals surface area contributed by atoms with Gasteiger partial charge in [0.05, 0.1) is 11.4 Å². The third-order valence-corrected chi connectivity index (χ3v) is 4.45. The van der Waals surface area contributed by atoms with E-state index < -0.39 is 0 Å². The molecule has 1 aliphatic rings. The predicted molar refractivity (Wildman–Crippen MR) is 86.1 cm³/mol. The number of aromatic nitrogens is 3. The van der Waals surface area contributed by atoms with Crippen LogP contribution in [0.4, 0.5) is 5.69 Å².